The van der Waals surface area contributed by atoms with Crippen LogP contribution >= 0.6 is 0 Å². The summed E-state index contributed by atoms with van der Waals surface area (Å²) in [5.74, 6) is -5.42. The molecule has 16 nitrogen and oxygen atoms in total. The standard InChI is InChI=1S/C28H52N8O8/c1-16(2)22(26(42)36-23(17(3)4)27(43)44-5)35-25(41)19(12-13-21(38)39)34-24(40)18(10-9-15-32-28(30)31)33-20(37)11-7-6-8-14-29/h16-19,22-23H,6-15,29H2,1-5H3,(H,33,37)(H,34,40)(H,35,41)(H,36,42)(H,38,39)(H4,30,31,32)/t18-,19-,22-,23-/m0/s1. The van der Waals surface area contributed by atoms with Crippen LogP contribution in [0, 0.1) is 17.2 Å². The molecule has 0 aromatic rings. The summed E-state index contributed by atoms with van der Waals surface area (Å²) in [6.07, 6.45) is 1.94. The first-order valence-corrected chi connectivity index (χ1v) is 14.9. The summed E-state index contributed by atoms with van der Waals surface area (Å²) < 4.78 is 4.76. The number of esters is 1. The van der Waals surface area contributed by atoms with Crippen molar-refractivity contribution in [2.24, 2.45) is 23.3 Å². The summed E-state index contributed by atoms with van der Waals surface area (Å²) in [6.45, 7) is 7.53. The fourth-order valence-corrected chi connectivity index (χ4v) is 4.14. The third-order valence-corrected chi connectivity index (χ3v) is 6.69. The van der Waals surface area contributed by atoms with Crippen LogP contribution in [0.3, 0.4) is 0 Å². The number of unbranched alkanes of at least 4 members (excludes halogenated alkanes) is 2. The molecule has 0 aromatic heterocycles. The van der Waals surface area contributed by atoms with Gasteiger partial charge in [0.15, 0.2) is 5.96 Å². The molecule has 0 aliphatic heterocycles. The lowest BCUT2D eigenvalue weighted by atomic mass is 9.99. The minimum Gasteiger partial charge on any atom is -0.481 e. The largest absolute Gasteiger partial charge is 0.481 e. The molecule has 0 heterocycles. The monoisotopic (exact) mass is 628 g/mol. The quantitative estimate of drug-likeness (QED) is 0.0305. The lowest BCUT2D eigenvalue weighted by Crippen LogP contribution is -2.59. The SMILES string of the molecule is COC(=O)[C@@H](NC(=O)[C@@H](NC(=O)[C@H](CCC(=O)O)NC(=O)[C@H](CCCNC(=N)N)NC(=O)CCCCCN)C(C)C)C(C)C. The van der Waals surface area contributed by atoms with Gasteiger partial charge in [0, 0.05) is 19.4 Å². The zero-order chi connectivity index (χ0) is 33.8. The molecular formula is C28H52N8O8. The summed E-state index contributed by atoms with van der Waals surface area (Å²) in [5, 5.41) is 29.5. The Morgan fingerprint density at radius 1 is 0.750 bits per heavy atom. The molecule has 16 heteroatoms. The van der Waals surface area contributed by atoms with Crippen LogP contribution in [0.15, 0.2) is 0 Å². The number of guanidine groups is 1. The van der Waals surface area contributed by atoms with Crippen molar-refractivity contribution in [1.82, 2.24) is 26.6 Å². The number of nitrogens with two attached hydrogens (primary N) is 2. The maximum Gasteiger partial charge on any atom is 0.328 e. The average Bonchev–Trinajstić information content (AvgIpc) is 2.94. The molecule has 0 spiro atoms. The number of hydrogen-bond acceptors (Lipinski definition) is 9. The number of hydrogen-bond donors (Lipinski definition) is 9. The summed E-state index contributed by atoms with van der Waals surface area (Å²) >= 11 is 0. The second-order valence-electron chi connectivity index (χ2n) is 11.2. The van der Waals surface area contributed by atoms with E-state index in [-0.39, 0.29) is 43.6 Å². The lowest BCUT2D eigenvalue weighted by Gasteiger charge is -2.28. The number of carboxylic acid groups (broad SMARTS) is 1. The maximum atomic E-state index is 13.4. The highest BCUT2D eigenvalue weighted by atomic mass is 16.5. The summed E-state index contributed by atoms with van der Waals surface area (Å²) in [6, 6.07) is -4.51. The van der Waals surface area contributed by atoms with Crippen LogP contribution < -0.4 is 38.1 Å². The lowest BCUT2D eigenvalue weighted by molar-refractivity contribution is -0.147. The zero-order valence-electron chi connectivity index (χ0n) is 26.5. The zero-order valence-corrected chi connectivity index (χ0v) is 26.5. The number of rotatable bonds is 22. The van der Waals surface area contributed by atoms with E-state index in [2.05, 4.69) is 26.6 Å². The Morgan fingerprint density at radius 2 is 1.32 bits per heavy atom. The van der Waals surface area contributed by atoms with Crippen LogP contribution in [0.25, 0.3) is 0 Å². The molecule has 0 fully saturated rings. The number of nitrogens with one attached hydrogen (secondary N) is 6. The molecule has 44 heavy (non-hydrogen) atoms. The predicted octanol–water partition coefficient (Wildman–Crippen LogP) is -0.942. The minimum absolute atomic E-state index is 0.134. The van der Waals surface area contributed by atoms with Gasteiger partial charge in [-0.15, -0.1) is 0 Å². The first-order chi connectivity index (χ1) is 20.6. The van der Waals surface area contributed by atoms with Crippen LogP contribution in [0.2, 0.25) is 0 Å². The van der Waals surface area contributed by atoms with Gasteiger partial charge in [0.05, 0.1) is 7.11 Å². The number of carbonyl (C=O) groups is 6. The Kier molecular flexibility index (Phi) is 19.7. The van der Waals surface area contributed by atoms with Crippen LogP contribution in [0.4, 0.5) is 0 Å². The van der Waals surface area contributed by atoms with Gasteiger partial charge >= 0.3 is 11.9 Å². The molecule has 0 rings (SSSR count). The van der Waals surface area contributed by atoms with Crippen molar-refractivity contribution in [2.45, 2.75) is 103 Å². The average molecular weight is 629 g/mol. The molecule has 0 aromatic carbocycles. The molecule has 0 saturated heterocycles. The highest BCUT2D eigenvalue weighted by Crippen LogP contribution is 2.10. The fourth-order valence-electron chi connectivity index (χ4n) is 4.14. The predicted molar refractivity (Wildman–Crippen MR) is 163 cm³/mol. The number of amides is 4. The topological polar surface area (TPSA) is 268 Å². The van der Waals surface area contributed by atoms with Crippen molar-refractivity contribution in [3.05, 3.63) is 0 Å². The van der Waals surface area contributed by atoms with Crippen molar-refractivity contribution in [1.29, 1.82) is 5.41 Å². The van der Waals surface area contributed by atoms with Gasteiger partial charge in [-0.25, -0.2) is 4.79 Å². The third kappa shape index (κ3) is 16.6. The maximum absolute atomic E-state index is 13.4. The van der Waals surface area contributed by atoms with Gasteiger partial charge < -0.3 is 47.9 Å². The molecule has 4 amide bonds. The molecule has 0 radical (unpaired) electrons. The third-order valence-electron chi connectivity index (χ3n) is 6.69. The number of carbonyl (C=O) groups excluding carboxylic acids is 5. The van der Waals surface area contributed by atoms with E-state index in [0.717, 1.165) is 12.8 Å². The van der Waals surface area contributed by atoms with E-state index >= 15 is 0 Å². The van der Waals surface area contributed by atoms with Gasteiger partial charge in [-0.3, -0.25) is 29.4 Å². The van der Waals surface area contributed by atoms with Gasteiger partial charge in [0.2, 0.25) is 23.6 Å². The van der Waals surface area contributed by atoms with Crippen molar-refractivity contribution < 1.29 is 38.6 Å². The van der Waals surface area contributed by atoms with E-state index in [9.17, 15) is 33.9 Å². The molecule has 0 saturated carbocycles. The van der Waals surface area contributed by atoms with E-state index in [4.69, 9.17) is 21.6 Å². The number of ether oxygens (including phenoxy) is 1. The summed E-state index contributed by atoms with van der Waals surface area (Å²) in [5.41, 5.74) is 10.8. The molecule has 0 bridgehead atoms. The first kappa shape index (κ1) is 40.1. The van der Waals surface area contributed by atoms with E-state index in [1.54, 1.807) is 27.7 Å². The number of methoxy groups -OCH3 is 1. The van der Waals surface area contributed by atoms with Crippen molar-refractivity contribution >= 4 is 41.5 Å². The second-order valence-corrected chi connectivity index (χ2v) is 11.2. The van der Waals surface area contributed by atoms with Crippen LogP contribution in [-0.4, -0.2) is 91.0 Å². The van der Waals surface area contributed by atoms with Crippen LogP contribution in [0.1, 0.15) is 79.1 Å². The van der Waals surface area contributed by atoms with E-state index in [1.807, 2.05) is 0 Å². The van der Waals surface area contributed by atoms with Crippen molar-refractivity contribution in [2.75, 3.05) is 20.2 Å². The van der Waals surface area contributed by atoms with E-state index < -0.39 is 66.2 Å². The Balaban J connectivity index is 5.84. The minimum atomic E-state index is -1.35. The Bertz CT molecular complexity index is 975. The molecule has 11 N–H and O–H groups in total. The number of carboxylic acids is 1. The molecule has 0 unspecified atom stereocenters. The Hall–Kier alpha value is -3.95. The van der Waals surface area contributed by atoms with Crippen LogP contribution in [0.5, 0.6) is 0 Å². The van der Waals surface area contributed by atoms with Gasteiger partial charge in [0.1, 0.15) is 24.2 Å². The second kappa shape index (κ2) is 21.7. The molecular weight excluding hydrogens is 576 g/mol. The van der Waals surface area contributed by atoms with Gasteiger partial charge in [0.25, 0.3) is 0 Å². The normalized spacial score (nSPS) is 13.6. The Labute approximate surface area is 259 Å². The first-order valence-electron chi connectivity index (χ1n) is 14.9. The highest BCUT2D eigenvalue weighted by Gasteiger charge is 2.33. The number of aliphatic carboxylic acids is 1. The molecule has 0 aliphatic carbocycles. The highest BCUT2D eigenvalue weighted by molar-refractivity contribution is 5.95. The summed E-state index contributed by atoms with van der Waals surface area (Å²) in [4.78, 5) is 75.9. The molecule has 0 aliphatic rings. The Morgan fingerprint density at radius 3 is 1.84 bits per heavy atom. The van der Waals surface area contributed by atoms with Gasteiger partial charge in [-0.05, 0) is 50.5 Å². The fraction of sp³-hybridized carbons (Fsp3) is 0.750. The summed E-state index contributed by atoms with van der Waals surface area (Å²) in [7, 11) is 1.19. The van der Waals surface area contributed by atoms with E-state index in [1.165, 1.54) is 7.11 Å². The van der Waals surface area contributed by atoms with Crippen LogP contribution in [-0.2, 0) is 33.5 Å². The molecule has 252 valence electrons. The smallest absolute Gasteiger partial charge is 0.328 e. The van der Waals surface area contributed by atoms with Gasteiger partial charge in [-0.2, -0.15) is 0 Å². The molecule has 4 atom stereocenters. The van der Waals surface area contributed by atoms with Gasteiger partial charge in [-0.1, -0.05) is 34.1 Å². The van der Waals surface area contributed by atoms with Crippen molar-refractivity contribution in [3.63, 3.8) is 0 Å². The van der Waals surface area contributed by atoms with E-state index in [0.29, 0.717) is 19.4 Å². The van der Waals surface area contributed by atoms with Crippen molar-refractivity contribution in [3.8, 4) is 0 Å².